The first-order valence-corrected chi connectivity index (χ1v) is 14.5. The zero-order valence-corrected chi connectivity index (χ0v) is 23.4. The van der Waals surface area contributed by atoms with Crippen LogP contribution in [0.25, 0.3) is 0 Å². The number of carbonyl (C=O) groups excluding carboxylic acids is 2. The molecule has 0 aromatic heterocycles. The highest BCUT2D eigenvalue weighted by atomic mass is 16.6. The summed E-state index contributed by atoms with van der Waals surface area (Å²) in [6.45, 7) is 9.42. The highest BCUT2D eigenvalue weighted by Crippen LogP contribution is 2.15. The predicted octanol–water partition coefficient (Wildman–Crippen LogP) is 8.68. The van der Waals surface area contributed by atoms with Crippen molar-refractivity contribution in [2.45, 2.75) is 149 Å². The van der Waals surface area contributed by atoms with Crippen LogP contribution < -0.4 is 0 Å². The van der Waals surface area contributed by atoms with E-state index >= 15 is 0 Å². The molecule has 0 fully saturated rings. The van der Waals surface area contributed by atoms with Crippen molar-refractivity contribution in [3.63, 3.8) is 0 Å². The summed E-state index contributed by atoms with van der Waals surface area (Å²) in [6.07, 6.45) is 20.9. The standard InChI is InChI=1S/C29H57NO4/c1-6-8-10-12-14-15-16-17-18-20-21-23-33-28(31)27(25-26(3)4)30(5)29(32)34-24-22-19-13-11-9-7-2/h26-27H,6-25H2,1-5H3/t27-/m0/s1. The Hall–Kier alpha value is -1.26. The van der Waals surface area contributed by atoms with E-state index in [1.807, 2.05) is 0 Å². The summed E-state index contributed by atoms with van der Waals surface area (Å²) in [6, 6.07) is -0.579. The van der Waals surface area contributed by atoms with Gasteiger partial charge in [0.15, 0.2) is 0 Å². The highest BCUT2D eigenvalue weighted by molar-refractivity contribution is 5.81. The third-order valence-corrected chi connectivity index (χ3v) is 6.44. The number of amides is 1. The number of esters is 1. The van der Waals surface area contributed by atoms with E-state index in [2.05, 4.69) is 27.7 Å². The molecular formula is C29H57NO4. The van der Waals surface area contributed by atoms with Gasteiger partial charge in [-0.1, -0.05) is 124 Å². The van der Waals surface area contributed by atoms with Crippen LogP contribution in [0.4, 0.5) is 4.79 Å². The van der Waals surface area contributed by atoms with Gasteiger partial charge >= 0.3 is 12.1 Å². The Morgan fingerprint density at radius 1 is 0.618 bits per heavy atom. The molecule has 0 N–H and O–H groups in total. The smallest absolute Gasteiger partial charge is 0.410 e. The Bertz CT molecular complexity index is 481. The van der Waals surface area contributed by atoms with Gasteiger partial charge in [0.05, 0.1) is 13.2 Å². The lowest BCUT2D eigenvalue weighted by atomic mass is 10.0. The van der Waals surface area contributed by atoms with Crippen LogP contribution in [0.5, 0.6) is 0 Å². The van der Waals surface area contributed by atoms with E-state index in [0.29, 0.717) is 19.6 Å². The second kappa shape index (κ2) is 23.5. The SMILES string of the molecule is CCCCCCCCCCCCCOC(=O)[C@H](CC(C)C)N(C)C(=O)OCCCCCCCC. The molecule has 0 aliphatic rings. The van der Waals surface area contributed by atoms with Crippen molar-refractivity contribution in [3.05, 3.63) is 0 Å². The number of hydrogen-bond donors (Lipinski definition) is 0. The largest absolute Gasteiger partial charge is 0.464 e. The van der Waals surface area contributed by atoms with Gasteiger partial charge in [-0.25, -0.2) is 9.59 Å². The van der Waals surface area contributed by atoms with E-state index in [9.17, 15) is 9.59 Å². The topological polar surface area (TPSA) is 55.8 Å². The molecule has 202 valence electrons. The van der Waals surface area contributed by atoms with Crippen molar-refractivity contribution in [1.82, 2.24) is 4.90 Å². The van der Waals surface area contributed by atoms with Crippen LogP contribution in [-0.4, -0.2) is 43.3 Å². The van der Waals surface area contributed by atoms with Crippen molar-refractivity contribution in [3.8, 4) is 0 Å². The average Bonchev–Trinajstić information content (AvgIpc) is 2.81. The lowest BCUT2D eigenvalue weighted by Gasteiger charge is -2.27. The second-order valence-electron chi connectivity index (χ2n) is 10.3. The molecule has 1 atom stereocenters. The van der Waals surface area contributed by atoms with Gasteiger partial charge in [-0.05, 0) is 25.2 Å². The van der Waals surface area contributed by atoms with Crippen LogP contribution in [0, 0.1) is 5.92 Å². The quantitative estimate of drug-likeness (QED) is 0.108. The number of hydrogen-bond acceptors (Lipinski definition) is 4. The minimum Gasteiger partial charge on any atom is -0.464 e. The number of unbranched alkanes of at least 4 members (excludes halogenated alkanes) is 15. The maximum absolute atomic E-state index is 12.7. The molecule has 5 nitrogen and oxygen atoms in total. The van der Waals surface area contributed by atoms with Crippen LogP contribution >= 0.6 is 0 Å². The molecule has 5 heteroatoms. The molecule has 0 heterocycles. The monoisotopic (exact) mass is 483 g/mol. The first-order chi connectivity index (χ1) is 16.4. The van der Waals surface area contributed by atoms with Gasteiger partial charge in [-0.15, -0.1) is 0 Å². The maximum Gasteiger partial charge on any atom is 0.410 e. The maximum atomic E-state index is 12.7. The molecule has 0 aliphatic heterocycles. The van der Waals surface area contributed by atoms with Crippen molar-refractivity contribution < 1.29 is 19.1 Å². The summed E-state index contributed by atoms with van der Waals surface area (Å²) in [4.78, 5) is 26.6. The first kappa shape index (κ1) is 32.7. The van der Waals surface area contributed by atoms with Crippen LogP contribution in [0.2, 0.25) is 0 Å². The molecule has 0 radical (unpaired) electrons. The van der Waals surface area contributed by atoms with E-state index in [4.69, 9.17) is 9.47 Å². The van der Waals surface area contributed by atoms with E-state index in [-0.39, 0.29) is 11.9 Å². The number of likely N-dealkylation sites (N-methyl/N-ethyl adjacent to an activating group) is 1. The van der Waals surface area contributed by atoms with Gasteiger partial charge in [-0.2, -0.15) is 0 Å². The van der Waals surface area contributed by atoms with Crippen molar-refractivity contribution in [2.75, 3.05) is 20.3 Å². The number of nitrogens with zero attached hydrogens (tertiary/aromatic N) is 1. The summed E-state index contributed by atoms with van der Waals surface area (Å²) in [5.41, 5.74) is 0. The Balaban J connectivity index is 4.06. The van der Waals surface area contributed by atoms with Gasteiger partial charge in [0.2, 0.25) is 0 Å². The molecular weight excluding hydrogens is 426 g/mol. The summed E-state index contributed by atoms with van der Waals surface area (Å²) >= 11 is 0. The molecule has 0 saturated heterocycles. The van der Waals surface area contributed by atoms with Crippen molar-refractivity contribution in [1.29, 1.82) is 0 Å². The second-order valence-corrected chi connectivity index (χ2v) is 10.3. The highest BCUT2D eigenvalue weighted by Gasteiger charge is 2.29. The fourth-order valence-electron chi connectivity index (χ4n) is 4.17. The van der Waals surface area contributed by atoms with Crippen molar-refractivity contribution >= 4 is 12.1 Å². The zero-order chi connectivity index (χ0) is 25.4. The van der Waals surface area contributed by atoms with Gasteiger partial charge in [0, 0.05) is 7.05 Å². The minimum absolute atomic E-state index is 0.285. The van der Waals surface area contributed by atoms with E-state index in [1.165, 1.54) is 88.4 Å². The predicted molar refractivity (Wildman–Crippen MR) is 143 cm³/mol. The average molecular weight is 484 g/mol. The summed E-state index contributed by atoms with van der Waals surface area (Å²) < 4.78 is 11.0. The van der Waals surface area contributed by atoms with Crippen LogP contribution in [-0.2, 0) is 14.3 Å². The Labute approximate surface area is 211 Å². The van der Waals surface area contributed by atoms with E-state index in [0.717, 1.165) is 25.7 Å². The lowest BCUT2D eigenvalue weighted by molar-refractivity contribution is -0.149. The third kappa shape index (κ3) is 19.1. The fraction of sp³-hybridized carbons (Fsp3) is 0.931. The molecule has 0 spiro atoms. The molecule has 1 amide bonds. The Morgan fingerprint density at radius 3 is 1.41 bits per heavy atom. The molecule has 0 saturated carbocycles. The Kier molecular flexibility index (Phi) is 22.6. The molecule has 0 aromatic rings. The number of carbonyl (C=O) groups is 2. The molecule has 0 aliphatic carbocycles. The van der Waals surface area contributed by atoms with E-state index < -0.39 is 12.1 Å². The van der Waals surface area contributed by atoms with Crippen LogP contribution in [0.1, 0.15) is 143 Å². The van der Waals surface area contributed by atoms with Gasteiger partial charge < -0.3 is 9.47 Å². The minimum atomic E-state index is -0.579. The first-order valence-electron chi connectivity index (χ1n) is 14.5. The van der Waals surface area contributed by atoms with Crippen LogP contribution in [0.15, 0.2) is 0 Å². The molecule has 0 aromatic carbocycles. The molecule has 34 heavy (non-hydrogen) atoms. The van der Waals surface area contributed by atoms with Gasteiger partial charge in [-0.3, -0.25) is 4.90 Å². The molecule has 0 bridgehead atoms. The lowest BCUT2D eigenvalue weighted by Crippen LogP contribution is -2.44. The fourth-order valence-corrected chi connectivity index (χ4v) is 4.17. The summed E-state index contributed by atoms with van der Waals surface area (Å²) in [5.74, 6) is -0.0202. The number of ether oxygens (including phenoxy) is 2. The van der Waals surface area contributed by atoms with E-state index in [1.54, 1.807) is 7.05 Å². The molecule has 0 rings (SSSR count). The van der Waals surface area contributed by atoms with Crippen molar-refractivity contribution in [2.24, 2.45) is 5.92 Å². The van der Waals surface area contributed by atoms with Gasteiger partial charge in [0.25, 0.3) is 0 Å². The Morgan fingerprint density at radius 2 is 1.00 bits per heavy atom. The van der Waals surface area contributed by atoms with Crippen LogP contribution in [0.3, 0.4) is 0 Å². The third-order valence-electron chi connectivity index (χ3n) is 6.44. The normalized spacial score (nSPS) is 12.1. The molecule has 0 unspecified atom stereocenters. The summed E-state index contributed by atoms with van der Waals surface area (Å²) in [5, 5.41) is 0. The number of rotatable bonds is 23. The van der Waals surface area contributed by atoms with Gasteiger partial charge in [0.1, 0.15) is 6.04 Å². The summed E-state index contributed by atoms with van der Waals surface area (Å²) in [7, 11) is 1.65. The zero-order valence-electron chi connectivity index (χ0n) is 23.4.